The molecule has 2 aromatic carbocycles. The molecule has 2 N–H and O–H groups in total. The number of carboxylic acid groups (broad SMARTS) is 1. The second kappa shape index (κ2) is 10.5. The van der Waals surface area contributed by atoms with Crippen molar-refractivity contribution in [2.75, 3.05) is 19.8 Å². The molecule has 0 aliphatic heterocycles. The number of carbonyl (C=O) groups excluding carboxylic acids is 1. The van der Waals surface area contributed by atoms with Crippen molar-refractivity contribution in [2.24, 2.45) is 0 Å². The Hall–Kier alpha value is -2.86. The zero-order chi connectivity index (χ0) is 20.5. The Bertz CT molecular complexity index is 781. The molecule has 2 rings (SSSR count). The molecular weight excluding hydrogens is 358 g/mol. The zero-order valence-corrected chi connectivity index (χ0v) is 16.5. The first-order valence-corrected chi connectivity index (χ1v) is 9.29. The van der Waals surface area contributed by atoms with Crippen LogP contribution < -0.4 is 10.1 Å². The summed E-state index contributed by atoms with van der Waals surface area (Å²) in [5.74, 6) is -0.709. The molecule has 0 spiro atoms. The summed E-state index contributed by atoms with van der Waals surface area (Å²) in [6, 6.07) is 13.4. The fourth-order valence-corrected chi connectivity index (χ4v) is 2.90. The fourth-order valence-electron chi connectivity index (χ4n) is 2.90. The van der Waals surface area contributed by atoms with Crippen molar-refractivity contribution in [1.82, 2.24) is 5.32 Å². The van der Waals surface area contributed by atoms with Crippen molar-refractivity contribution in [2.45, 2.75) is 33.3 Å². The van der Waals surface area contributed by atoms with Gasteiger partial charge in [0.15, 0.2) is 6.61 Å². The molecule has 28 heavy (non-hydrogen) atoms. The Balaban J connectivity index is 1.79. The molecule has 0 aliphatic carbocycles. The van der Waals surface area contributed by atoms with Crippen LogP contribution in [-0.4, -0.2) is 36.7 Å². The first-order chi connectivity index (χ1) is 13.4. The van der Waals surface area contributed by atoms with Crippen LogP contribution in [0.2, 0.25) is 0 Å². The second-order valence-electron chi connectivity index (χ2n) is 6.65. The Morgan fingerprint density at radius 2 is 1.75 bits per heavy atom. The third-order valence-electron chi connectivity index (χ3n) is 4.31. The van der Waals surface area contributed by atoms with Crippen LogP contribution in [0, 0.1) is 13.8 Å². The predicted octanol–water partition coefficient (Wildman–Crippen LogP) is 3.66. The van der Waals surface area contributed by atoms with E-state index in [-0.39, 0.29) is 12.0 Å². The summed E-state index contributed by atoms with van der Waals surface area (Å²) in [6.07, 6.45) is 0.723. The number of hydrogen-bond donors (Lipinski definition) is 2. The van der Waals surface area contributed by atoms with Gasteiger partial charge in [0.25, 0.3) is 5.91 Å². The van der Waals surface area contributed by atoms with Crippen LogP contribution in [0.3, 0.4) is 0 Å². The Labute approximate surface area is 165 Å². The quantitative estimate of drug-likeness (QED) is 0.610. The molecule has 1 unspecified atom stereocenters. The van der Waals surface area contributed by atoms with Gasteiger partial charge in [-0.05, 0) is 56.0 Å². The van der Waals surface area contributed by atoms with Gasteiger partial charge in [0.2, 0.25) is 0 Å². The molecule has 0 radical (unpaired) electrons. The maximum atomic E-state index is 12.4. The van der Waals surface area contributed by atoms with E-state index >= 15 is 0 Å². The normalized spacial score (nSPS) is 11.7. The molecule has 1 atom stereocenters. The summed E-state index contributed by atoms with van der Waals surface area (Å²) in [5.41, 5.74) is 3.11. The van der Waals surface area contributed by atoms with E-state index in [1.54, 1.807) is 26.0 Å². The number of benzene rings is 2. The lowest BCUT2D eigenvalue weighted by atomic mass is 10.1. The van der Waals surface area contributed by atoms with Crippen molar-refractivity contribution in [3.63, 3.8) is 0 Å². The van der Waals surface area contributed by atoms with E-state index in [1.165, 1.54) is 0 Å². The molecule has 1 amide bonds. The Kier molecular flexibility index (Phi) is 8.02. The first kappa shape index (κ1) is 21.4. The fraction of sp³-hybridized carbons (Fsp3) is 0.364. The van der Waals surface area contributed by atoms with Crippen LogP contribution in [0.15, 0.2) is 42.5 Å². The number of carbonyl (C=O) groups is 2. The largest absolute Gasteiger partial charge is 0.481 e. The lowest BCUT2D eigenvalue weighted by Crippen LogP contribution is -2.25. The molecule has 2 aromatic rings. The van der Waals surface area contributed by atoms with E-state index in [1.807, 2.05) is 37.3 Å². The number of ether oxygens (including phenoxy) is 2. The van der Waals surface area contributed by atoms with E-state index in [9.17, 15) is 9.59 Å². The highest BCUT2D eigenvalue weighted by molar-refractivity contribution is 5.94. The second-order valence-corrected chi connectivity index (χ2v) is 6.65. The number of hydrogen-bond acceptors (Lipinski definition) is 4. The summed E-state index contributed by atoms with van der Waals surface area (Å²) in [4.78, 5) is 23.0. The predicted molar refractivity (Wildman–Crippen MR) is 107 cm³/mol. The zero-order valence-electron chi connectivity index (χ0n) is 16.5. The van der Waals surface area contributed by atoms with E-state index in [0.29, 0.717) is 30.9 Å². The van der Waals surface area contributed by atoms with Gasteiger partial charge in [0.1, 0.15) is 5.75 Å². The highest BCUT2D eigenvalue weighted by Crippen LogP contribution is 2.25. The highest BCUT2D eigenvalue weighted by atomic mass is 16.5. The molecular formula is C22H27NO5. The van der Waals surface area contributed by atoms with Crippen molar-refractivity contribution < 1.29 is 24.2 Å². The van der Waals surface area contributed by atoms with Gasteiger partial charge in [-0.1, -0.05) is 30.3 Å². The van der Waals surface area contributed by atoms with Gasteiger partial charge < -0.3 is 19.9 Å². The standard InChI is InChI=1S/C22H27NO5/c1-15-12-19(13-16(2)21(15)28-14-20(24)25)22(26)23-10-7-11-27-17(3)18-8-5-4-6-9-18/h4-6,8-9,12-13,17H,7,10-11,14H2,1-3H3,(H,23,26)(H,24,25). The van der Waals surface area contributed by atoms with E-state index in [4.69, 9.17) is 14.6 Å². The van der Waals surface area contributed by atoms with Gasteiger partial charge in [-0.25, -0.2) is 4.79 Å². The average molecular weight is 385 g/mol. The Morgan fingerprint density at radius 1 is 1.11 bits per heavy atom. The van der Waals surface area contributed by atoms with Gasteiger partial charge >= 0.3 is 5.97 Å². The van der Waals surface area contributed by atoms with Crippen molar-refractivity contribution in [3.05, 3.63) is 64.7 Å². The molecule has 150 valence electrons. The monoisotopic (exact) mass is 385 g/mol. The highest BCUT2D eigenvalue weighted by Gasteiger charge is 2.13. The molecule has 0 aromatic heterocycles. The van der Waals surface area contributed by atoms with Crippen LogP contribution >= 0.6 is 0 Å². The number of nitrogens with one attached hydrogen (secondary N) is 1. The van der Waals surface area contributed by atoms with Crippen LogP contribution in [0.1, 0.15) is 46.5 Å². The van der Waals surface area contributed by atoms with Crippen LogP contribution in [0.25, 0.3) is 0 Å². The van der Waals surface area contributed by atoms with Gasteiger partial charge in [-0.2, -0.15) is 0 Å². The molecule has 6 heteroatoms. The molecule has 0 aliphatic rings. The van der Waals surface area contributed by atoms with Gasteiger partial charge in [-0.15, -0.1) is 0 Å². The number of rotatable bonds is 10. The van der Waals surface area contributed by atoms with Crippen LogP contribution in [0.5, 0.6) is 5.75 Å². The van der Waals surface area contributed by atoms with Gasteiger partial charge in [0.05, 0.1) is 6.10 Å². The van der Waals surface area contributed by atoms with Crippen molar-refractivity contribution in [3.8, 4) is 5.75 Å². The summed E-state index contributed by atoms with van der Waals surface area (Å²) < 4.78 is 11.1. The molecule has 0 saturated carbocycles. The molecule has 0 fully saturated rings. The third kappa shape index (κ3) is 6.39. The van der Waals surface area contributed by atoms with E-state index in [2.05, 4.69) is 5.32 Å². The smallest absolute Gasteiger partial charge is 0.341 e. The molecule has 0 heterocycles. The average Bonchev–Trinajstić information content (AvgIpc) is 2.67. The molecule has 6 nitrogen and oxygen atoms in total. The van der Waals surface area contributed by atoms with Gasteiger partial charge in [-0.3, -0.25) is 4.79 Å². The van der Waals surface area contributed by atoms with Crippen LogP contribution in [0.4, 0.5) is 0 Å². The van der Waals surface area contributed by atoms with Crippen molar-refractivity contribution in [1.29, 1.82) is 0 Å². The summed E-state index contributed by atoms with van der Waals surface area (Å²) in [5, 5.41) is 11.6. The minimum atomic E-state index is -1.04. The first-order valence-electron chi connectivity index (χ1n) is 9.29. The summed E-state index contributed by atoms with van der Waals surface area (Å²) >= 11 is 0. The lowest BCUT2D eigenvalue weighted by Gasteiger charge is -2.14. The maximum absolute atomic E-state index is 12.4. The number of carboxylic acids is 1. The molecule has 0 saturated heterocycles. The lowest BCUT2D eigenvalue weighted by molar-refractivity contribution is -0.139. The minimum Gasteiger partial charge on any atom is -0.481 e. The van der Waals surface area contributed by atoms with Crippen molar-refractivity contribution >= 4 is 11.9 Å². The summed E-state index contributed by atoms with van der Waals surface area (Å²) in [7, 11) is 0. The number of aliphatic carboxylic acids is 1. The third-order valence-corrected chi connectivity index (χ3v) is 4.31. The molecule has 0 bridgehead atoms. The number of aryl methyl sites for hydroxylation is 2. The Morgan fingerprint density at radius 3 is 2.36 bits per heavy atom. The van der Waals surface area contributed by atoms with E-state index < -0.39 is 12.6 Å². The SMILES string of the molecule is Cc1cc(C(=O)NCCCOC(C)c2ccccc2)cc(C)c1OCC(=O)O. The minimum absolute atomic E-state index is 0.0144. The number of amides is 1. The topological polar surface area (TPSA) is 84.9 Å². The van der Waals surface area contributed by atoms with Crippen LogP contribution in [-0.2, 0) is 9.53 Å². The van der Waals surface area contributed by atoms with Gasteiger partial charge in [0, 0.05) is 18.7 Å². The van der Waals surface area contributed by atoms with E-state index in [0.717, 1.165) is 16.7 Å². The summed E-state index contributed by atoms with van der Waals surface area (Å²) in [6.45, 7) is 6.24. The maximum Gasteiger partial charge on any atom is 0.341 e.